The number of benzene rings is 2. The van der Waals surface area contributed by atoms with Crippen LogP contribution in [0.2, 0.25) is 0 Å². The summed E-state index contributed by atoms with van der Waals surface area (Å²) in [5.74, 6) is -0.222. The van der Waals surface area contributed by atoms with Gasteiger partial charge in [0.25, 0.3) is 0 Å². The van der Waals surface area contributed by atoms with Gasteiger partial charge in [0.15, 0.2) is 0 Å². The Morgan fingerprint density at radius 1 is 0.870 bits per heavy atom. The van der Waals surface area contributed by atoms with E-state index in [1.54, 1.807) is 18.0 Å². The van der Waals surface area contributed by atoms with E-state index in [4.69, 9.17) is 0 Å². The fourth-order valence-electron chi connectivity index (χ4n) is 2.76. The van der Waals surface area contributed by atoms with Gasteiger partial charge in [-0.2, -0.15) is 0 Å². The molecule has 1 aliphatic rings. The molecule has 0 aliphatic carbocycles. The van der Waals surface area contributed by atoms with Crippen LogP contribution in [0.3, 0.4) is 0 Å². The molecular weight excluding hydrogens is 305 g/mol. The van der Waals surface area contributed by atoms with Gasteiger partial charge in [0.1, 0.15) is 5.82 Å². The van der Waals surface area contributed by atoms with Crippen molar-refractivity contribution < 1.29 is 4.39 Å². The largest absolute Gasteiger partial charge is 0.255 e. The number of rotatable bonds is 2. The Balaban J connectivity index is 1.85. The summed E-state index contributed by atoms with van der Waals surface area (Å²) in [5, 5.41) is 0.230. The van der Waals surface area contributed by atoms with Crippen molar-refractivity contribution in [3.63, 3.8) is 0 Å². The summed E-state index contributed by atoms with van der Waals surface area (Å²) in [5.41, 5.74) is 4.28. The molecule has 0 radical (unpaired) electrons. The molecular formula is C20H14FNS. The zero-order valence-electron chi connectivity index (χ0n) is 12.3. The van der Waals surface area contributed by atoms with Gasteiger partial charge in [-0.05, 0) is 35.4 Å². The van der Waals surface area contributed by atoms with Crippen LogP contribution in [0.5, 0.6) is 0 Å². The standard InChI is InChI=1S/C20H14FNS/c21-16-10-8-14(9-11-16)17-13-19(15-5-2-1-3-6-15)23-18-7-4-12-22-20(17)18/h1-13,19H. The third kappa shape index (κ3) is 2.80. The molecule has 1 aliphatic heterocycles. The Hall–Kier alpha value is -2.39. The number of nitrogens with zero attached hydrogens (tertiary/aromatic N) is 1. The molecule has 1 unspecified atom stereocenters. The highest BCUT2D eigenvalue weighted by molar-refractivity contribution is 7.99. The van der Waals surface area contributed by atoms with E-state index < -0.39 is 0 Å². The van der Waals surface area contributed by atoms with Crippen molar-refractivity contribution in [1.29, 1.82) is 0 Å². The maximum absolute atomic E-state index is 13.3. The topological polar surface area (TPSA) is 12.9 Å². The van der Waals surface area contributed by atoms with Crippen molar-refractivity contribution in [2.75, 3.05) is 0 Å². The minimum atomic E-state index is -0.222. The van der Waals surface area contributed by atoms with Gasteiger partial charge in [-0.3, -0.25) is 4.98 Å². The first-order chi connectivity index (χ1) is 11.3. The monoisotopic (exact) mass is 319 g/mol. The number of pyridine rings is 1. The van der Waals surface area contributed by atoms with Gasteiger partial charge in [0.05, 0.1) is 10.9 Å². The lowest BCUT2D eigenvalue weighted by molar-refractivity contribution is 0.627. The van der Waals surface area contributed by atoms with Crippen molar-refractivity contribution in [1.82, 2.24) is 4.98 Å². The van der Waals surface area contributed by atoms with E-state index >= 15 is 0 Å². The first-order valence-corrected chi connectivity index (χ1v) is 8.34. The average molecular weight is 319 g/mol. The highest BCUT2D eigenvalue weighted by atomic mass is 32.2. The van der Waals surface area contributed by atoms with Gasteiger partial charge in [-0.25, -0.2) is 4.39 Å². The SMILES string of the molecule is Fc1ccc(C2=CC(c3ccccc3)Sc3cccnc32)cc1. The smallest absolute Gasteiger partial charge is 0.123 e. The van der Waals surface area contributed by atoms with Crippen LogP contribution in [0.15, 0.2) is 83.9 Å². The second-order valence-electron chi connectivity index (χ2n) is 5.39. The Morgan fingerprint density at radius 3 is 2.43 bits per heavy atom. The summed E-state index contributed by atoms with van der Waals surface area (Å²) in [6.07, 6.45) is 4.03. The molecule has 0 saturated carbocycles. The molecule has 23 heavy (non-hydrogen) atoms. The second kappa shape index (κ2) is 6.01. The van der Waals surface area contributed by atoms with Crippen molar-refractivity contribution in [2.45, 2.75) is 10.1 Å². The predicted octanol–water partition coefficient (Wildman–Crippen LogP) is 5.50. The van der Waals surface area contributed by atoms with Gasteiger partial charge in [-0.15, -0.1) is 11.8 Å². The van der Waals surface area contributed by atoms with Crippen LogP contribution in [0, 0.1) is 5.82 Å². The summed E-state index contributed by atoms with van der Waals surface area (Å²) >= 11 is 1.80. The molecule has 1 atom stereocenters. The van der Waals surface area contributed by atoms with E-state index in [0.29, 0.717) is 0 Å². The Bertz CT molecular complexity index is 856. The van der Waals surface area contributed by atoms with Crippen LogP contribution in [0.25, 0.3) is 5.57 Å². The highest BCUT2D eigenvalue weighted by Crippen LogP contribution is 2.46. The summed E-state index contributed by atoms with van der Waals surface area (Å²) in [4.78, 5) is 5.70. The van der Waals surface area contributed by atoms with Crippen LogP contribution >= 0.6 is 11.8 Å². The summed E-state index contributed by atoms with van der Waals surface area (Å²) < 4.78 is 13.3. The van der Waals surface area contributed by atoms with E-state index in [1.165, 1.54) is 17.7 Å². The molecule has 0 saturated heterocycles. The fraction of sp³-hybridized carbons (Fsp3) is 0.0500. The van der Waals surface area contributed by atoms with E-state index in [2.05, 4.69) is 41.4 Å². The van der Waals surface area contributed by atoms with E-state index in [1.807, 2.05) is 24.3 Å². The van der Waals surface area contributed by atoms with Gasteiger partial charge >= 0.3 is 0 Å². The molecule has 1 aromatic heterocycles. The molecule has 4 rings (SSSR count). The maximum Gasteiger partial charge on any atom is 0.123 e. The van der Waals surface area contributed by atoms with E-state index in [9.17, 15) is 4.39 Å². The average Bonchev–Trinajstić information content (AvgIpc) is 2.62. The first-order valence-electron chi connectivity index (χ1n) is 7.46. The Morgan fingerprint density at radius 2 is 1.65 bits per heavy atom. The number of thioether (sulfide) groups is 1. The normalized spacial score (nSPS) is 16.6. The molecule has 1 nitrogen and oxygen atoms in total. The zero-order valence-corrected chi connectivity index (χ0v) is 13.1. The van der Waals surface area contributed by atoms with Crippen LogP contribution in [0.1, 0.15) is 22.1 Å². The van der Waals surface area contributed by atoms with Crippen molar-refractivity contribution in [2.24, 2.45) is 0 Å². The van der Waals surface area contributed by atoms with Crippen molar-refractivity contribution in [3.8, 4) is 0 Å². The van der Waals surface area contributed by atoms with Crippen LogP contribution in [0.4, 0.5) is 4.39 Å². The minimum absolute atomic E-state index is 0.222. The second-order valence-corrected chi connectivity index (χ2v) is 6.57. The minimum Gasteiger partial charge on any atom is -0.255 e. The van der Waals surface area contributed by atoms with Gasteiger partial charge in [0, 0.05) is 16.7 Å². The number of hydrogen-bond acceptors (Lipinski definition) is 2. The zero-order chi connectivity index (χ0) is 15.6. The molecule has 0 spiro atoms. The first kappa shape index (κ1) is 14.2. The van der Waals surface area contributed by atoms with Gasteiger partial charge < -0.3 is 0 Å². The number of halogens is 1. The molecule has 0 fully saturated rings. The van der Waals surface area contributed by atoms with Crippen LogP contribution in [-0.2, 0) is 0 Å². The molecule has 0 amide bonds. The number of hydrogen-bond donors (Lipinski definition) is 0. The number of fused-ring (bicyclic) bond motifs is 1. The fourth-order valence-corrected chi connectivity index (χ4v) is 3.96. The predicted molar refractivity (Wildman–Crippen MR) is 92.8 cm³/mol. The Kier molecular flexibility index (Phi) is 3.72. The van der Waals surface area contributed by atoms with Crippen molar-refractivity contribution >= 4 is 17.3 Å². The van der Waals surface area contributed by atoms with Gasteiger partial charge in [0.2, 0.25) is 0 Å². The molecule has 3 heteroatoms. The van der Waals surface area contributed by atoms with Crippen molar-refractivity contribution in [3.05, 3.63) is 102 Å². The highest BCUT2D eigenvalue weighted by Gasteiger charge is 2.23. The molecule has 2 heterocycles. The summed E-state index contributed by atoms with van der Waals surface area (Å²) in [7, 11) is 0. The summed E-state index contributed by atoms with van der Waals surface area (Å²) in [6, 6.07) is 21.1. The lowest BCUT2D eigenvalue weighted by atomic mass is 9.98. The number of aromatic nitrogens is 1. The lowest BCUT2D eigenvalue weighted by Gasteiger charge is -2.23. The van der Waals surface area contributed by atoms with Gasteiger partial charge in [-0.1, -0.05) is 48.5 Å². The summed E-state index contributed by atoms with van der Waals surface area (Å²) in [6.45, 7) is 0. The maximum atomic E-state index is 13.3. The lowest BCUT2D eigenvalue weighted by Crippen LogP contribution is -2.03. The van der Waals surface area contributed by atoms with Crippen LogP contribution < -0.4 is 0 Å². The molecule has 0 bridgehead atoms. The quantitative estimate of drug-likeness (QED) is 0.618. The van der Waals surface area contributed by atoms with E-state index in [0.717, 1.165) is 21.7 Å². The molecule has 0 N–H and O–H groups in total. The third-order valence-corrected chi connectivity index (χ3v) is 5.13. The van der Waals surface area contributed by atoms with Crippen LogP contribution in [-0.4, -0.2) is 4.98 Å². The Labute approximate surface area is 138 Å². The third-order valence-electron chi connectivity index (χ3n) is 3.88. The van der Waals surface area contributed by atoms with E-state index in [-0.39, 0.29) is 11.1 Å². The molecule has 112 valence electrons. The molecule has 2 aromatic carbocycles. The molecule has 3 aromatic rings.